The van der Waals surface area contributed by atoms with Gasteiger partial charge in [0.05, 0.1) is 16.4 Å². The maximum atomic E-state index is 14.5. The summed E-state index contributed by atoms with van der Waals surface area (Å²) in [6.07, 6.45) is 3.10. The Morgan fingerprint density at radius 1 is 0.875 bits per heavy atom. The van der Waals surface area contributed by atoms with Crippen LogP contribution in [0, 0.1) is 17.0 Å². The van der Waals surface area contributed by atoms with Crippen LogP contribution in [0.1, 0.15) is 65.8 Å². The van der Waals surface area contributed by atoms with Gasteiger partial charge in [0.15, 0.2) is 6.17 Å². The minimum Gasteiger partial charge on any atom is -0.493 e. The van der Waals surface area contributed by atoms with Crippen molar-refractivity contribution in [3.63, 3.8) is 0 Å². The quantitative estimate of drug-likeness (QED) is 0.0673. The lowest BCUT2D eigenvalue weighted by Gasteiger charge is -2.19. The predicted molar refractivity (Wildman–Crippen MR) is 180 cm³/mol. The van der Waals surface area contributed by atoms with E-state index in [9.17, 15) is 28.1 Å². The van der Waals surface area contributed by atoms with Gasteiger partial charge in [0.25, 0.3) is 17.5 Å². The second-order valence-electron chi connectivity index (χ2n) is 11.6. The van der Waals surface area contributed by atoms with Gasteiger partial charge in [0.2, 0.25) is 10.0 Å². The molecule has 2 amide bonds. The Morgan fingerprint density at radius 2 is 1.54 bits per heavy atom. The Hall–Kier alpha value is -5.07. The van der Waals surface area contributed by atoms with E-state index in [4.69, 9.17) is 4.74 Å². The standard InChI is InChI=1S/C36H38N4O7S/c1-3-4-5-11-24-47-33-15-10-9-14-31(33)34-38(35(41)28-18-20-29(21-19-28)40(43)44)39(34)36(42)32(25-27-12-7-6-8-13-27)37-48(45,46)30-22-16-26(2)17-23-30/h6-10,12-23,32,34,37H,3-5,11,24-25H2,1-2H3. The Kier molecular flexibility index (Phi) is 10.9. The first-order chi connectivity index (χ1) is 23.1. The molecule has 1 fully saturated rings. The number of carbonyl (C=O) groups is 2. The highest BCUT2D eigenvalue weighted by Crippen LogP contribution is 2.47. The average Bonchev–Trinajstić information content (AvgIpc) is 3.83. The summed E-state index contributed by atoms with van der Waals surface area (Å²) in [4.78, 5) is 39.1. The summed E-state index contributed by atoms with van der Waals surface area (Å²) in [7, 11) is -4.15. The zero-order valence-corrected chi connectivity index (χ0v) is 27.6. The van der Waals surface area contributed by atoms with Crippen molar-refractivity contribution in [3.8, 4) is 5.75 Å². The molecule has 0 radical (unpaired) electrons. The topological polar surface area (TPSA) is 139 Å². The molecule has 1 aliphatic heterocycles. The van der Waals surface area contributed by atoms with Crippen molar-refractivity contribution >= 4 is 27.5 Å². The average molecular weight is 671 g/mol. The smallest absolute Gasteiger partial charge is 0.274 e. The minimum atomic E-state index is -4.15. The fraction of sp³-hybridized carbons (Fsp3) is 0.278. The Balaban J connectivity index is 1.50. The van der Waals surface area contributed by atoms with E-state index in [1.54, 1.807) is 60.7 Å². The first kappa shape index (κ1) is 34.3. The number of nitro benzene ring substituents is 1. The molecule has 48 heavy (non-hydrogen) atoms. The zero-order valence-electron chi connectivity index (χ0n) is 26.8. The van der Waals surface area contributed by atoms with Crippen LogP contribution in [0.25, 0.3) is 0 Å². The fourth-order valence-electron chi connectivity index (χ4n) is 5.43. The Bertz CT molecular complexity index is 1850. The summed E-state index contributed by atoms with van der Waals surface area (Å²) in [5.41, 5.74) is 2.08. The molecule has 0 saturated carbocycles. The molecule has 1 N–H and O–H groups in total. The van der Waals surface area contributed by atoms with Crippen LogP contribution in [0.15, 0.2) is 108 Å². The molecule has 0 aliphatic carbocycles. The summed E-state index contributed by atoms with van der Waals surface area (Å²) in [6.45, 7) is 4.41. The number of amides is 2. The molecule has 2 unspecified atom stereocenters. The van der Waals surface area contributed by atoms with Crippen molar-refractivity contribution in [2.45, 2.75) is 63.1 Å². The second-order valence-corrected chi connectivity index (χ2v) is 13.3. The molecule has 1 aliphatic rings. The first-order valence-corrected chi connectivity index (χ1v) is 17.3. The lowest BCUT2D eigenvalue weighted by Crippen LogP contribution is -2.46. The number of sulfonamides is 1. The van der Waals surface area contributed by atoms with Crippen molar-refractivity contribution in [2.75, 3.05) is 6.61 Å². The van der Waals surface area contributed by atoms with E-state index in [1.807, 2.05) is 13.0 Å². The Morgan fingerprint density at radius 3 is 2.21 bits per heavy atom. The van der Waals surface area contributed by atoms with Crippen LogP contribution in [-0.2, 0) is 21.2 Å². The third kappa shape index (κ3) is 8.07. The number of unbranched alkanes of at least 4 members (excludes halogenated alkanes) is 3. The summed E-state index contributed by atoms with van der Waals surface area (Å²) < 4.78 is 35.9. The predicted octanol–water partition coefficient (Wildman–Crippen LogP) is 6.35. The minimum absolute atomic E-state index is 0.00180. The van der Waals surface area contributed by atoms with Gasteiger partial charge < -0.3 is 4.74 Å². The molecule has 2 atom stereocenters. The molecule has 0 spiro atoms. The van der Waals surface area contributed by atoms with Crippen LogP contribution in [0.5, 0.6) is 5.75 Å². The lowest BCUT2D eigenvalue weighted by atomic mass is 10.1. The number of ether oxygens (including phenoxy) is 1. The number of carbonyl (C=O) groups excluding carboxylic acids is 2. The number of non-ortho nitro benzene ring substituents is 1. The van der Waals surface area contributed by atoms with Crippen LogP contribution in [0.2, 0.25) is 0 Å². The number of aryl methyl sites for hydroxylation is 1. The van der Waals surface area contributed by atoms with Gasteiger partial charge in [0, 0.05) is 23.3 Å². The van der Waals surface area contributed by atoms with Gasteiger partial charge in [-0.15, -0.1) is 0 Å². The normalized spacial score (nSPS) is 14.8. The first-order valence-electron chi connectivity index (χ1n) is 15.9. The zero-order chi connectivity index (χ0) is 34.3. The highest BCUT2D eigenvalue weighted by Gasteiger charge is 2.56. The molecule has 4 aromatic carbocycles. The van der Waals surface area contributed by atoms with Gasteiger partial charge >= 0.3 is 0 Å². The highest BCUT2D eigenvalue weighted by molar-refractivity contribution is 7.89. The number of hydrogen-bond acceptors (Lipinski definition) is 7. The maximum Gasteiger partial charge on any atom is 0.274 e. The highest BCUT2D eigenvalue weighted by atomic mass is 32.2. The van der Waals surface area contributed by atoms with Crippen molar-refractivity contribution in [1.82, 2.24) is 14.7 Å². The van der Waals surface area contributed by atoms with E-state index >= 15 is 0 Å². The number of nitrogens with one attached hydrogen (secondary N) is 1. The number of hydrogen-bond donors (Lipinski definition) is 1. The number of rotatable bonds is 15. The van der Waals surface area contributed by atoms with Gasteiger partial charge in [0.1, 0.15) is 11.8 Å². The molecule has 11 nitrogen and oxygen atoms in total. The van der Waals surface area contributed by atoms with E-state index in [-0.39, 0.29) is 22.6 Å². The fourth-order valence-corrected chi connectivity index (χ4v) is 6.62. The van der Waals surface area contributed by atoms with Crippen molar-refractivity contribution in [3.05, 3.63) is 135 Å². The number of hydrazine groups is 1. The van der Waals surface area contributed by atoms with Crippen molar-refractivity contribution < 1.29 is 27.7 Å². The summed E-state index contributed by atoms with van der Waals surface area (Å²) in [5, 5.41) is 13.7. The molecule has 1 heterocycles. The molecule has 1 saturated heterocycles. The summed E-state index contributed by atoms with van der Waals surface area (Å²) >= 11 is 0. The third-order valence-electron chi connectivity index (χ3n) is 8.06. The molecule has 5 rings (SSSR count). The van der Waals surface area contributed by atoms with Gasteiger partial charge in [-0.25, -0.2) is 18.4 Å². The molecular formula is C36H38N4O7S. The lowest BCUT2D eigenvalue weighted by molar-refractivity contribution is -0.384. The van der Waals surface area contributed by atoms with Gasteiger partial charge in [-0.05, 0) is 55.7 Å². The van der Waals surface area contributed by atoms with Crippen LogP contribution in [0.3, 0.4) is 0 Å². The molecule has 4 aromatic rings. The monoisotopic (exact) mass is 670 g/mol. The van der Waals surface area contributed by atoms with Crippen molar-refractivity contribution in [2.24, 2.45) is 0 Å². The van der Waals surface area contributed by atoms with E-state index in [0.29, 0.717) is 23.5 Å². The molecule has 250 valence electrons. The molecular weight excluding hydrogens is 632 g/mol. The largest absolute Gasteiger partial charge is 0.493 e. The van der Waals surface area contributed by atoms with Crippen LogP contribution in [0.4, 0.5) is 5.69 Å². The van der Waals surface area contributed by atoms with E-state index in [1.165, 1.54) is 46.4 Å². The second kappa shape index (κ2) is 15.2. The van der Waals surface area contributed by atoms with Gasteiger partial charge in [-0.3, -0.25) is 19.7 Å². The molecule has 0 bridgehead atoms. The number of nitrogens with zero attached hydrogens (tertiary/aromatic N) is 3. The molecule has 12 heteroatoms. The van der Waals surface area contributed by atoms with E-state index in [0.717, 1.165) is 31.2 Å². The third-order valence-corrected chi connectivity index (χ3v) is 9.55. The number of para-hydroxylation sites is 1. The van der Waals surface area contributed by atoms with E-state index < -0.39 is 39.0 Å². The van der Waals surface area contributed by atoms with Crippen molar-refractivity contribution in [1.29, 1.82) is 0 Å². The van der Waals surface area contributed by atoms with Crippen LogP contribution < -0.4 is 9.46 Å². The van der Waals surface area contributed by atoms with Gasteiger partial charge in [-0.2, -0.15) is 4.72 Å². The summed E-state index contributed by atoms with van der Waals surface area (Å²) in [6, 6.07) is 26.2. The van der Waals surface area contributed by atoms with Gasteiger partial charge in [-0.1, -0.05) is 92.4 Å². The SMILES string of the molecule is CCCCCCOc1ccccc1C1N(C(=O)c2ccc([N+](=O)[O-])cc2)N1C(=O)C(Cc1ccccc1)NS(=O)(=O)c1ccc(C)cc1. The molecule has 0 aromatic heterocycles. The summed E-state index contributed by atoms with van der Waals surface area (Å²) in [5.74, 6) is -0.732. The Labute approximate surface area is 280 Å². The number of benzene rings is 4. The van der Waals surface area contributed by atoms with Crippen LogP contribution in [-0.4, -0.2) is 47.8 Å². The van der Waals surface area contributed by atoms with Crippen LogP contribution >= 0.6 is 0 Å². The van der Waals surface area contributed by atoms with E-state index in [2.05, 4.69) is 11.6 Å². The number of nitro groups is 1. The maximum absolute atomic E-state index is 14.5.